The van der Waals surface area contributed by atoms with Gasteiger partial charge in [0.2, 0.25) is 0 Å². The maximum Gasteiger partial charge on any atom is 0.348 e. The van der Waals surface area contributed by atoms with Gasteiger partial charge in [-0.15, -0.1) is 5.10 Å². The average Bonchev–Trinajstić information content (AvgIpc) is 2.90. The fraction of sp³-hybridized carbons (Fsp3) is 0.312. The Labute approximate surface area is 143 Å². The summed E-state index contributed by atoms with van der Waals surface area (Å²) in [5.41, 5.74) is 3.39. The molecular formula is C16H19N7O2. The smallest absolute Gasteiger partial charge is 0.336 e. The number of carbonyl (C=O) groups is 1. The summed E-state index contributed by atoms with van der Waals surface area (Å²) in [5, 5.41) is 13.4. The molecule has 2 aromatic heterocycles. The molecule has 0 unspecified atom stereocenters. The Balaban J connectivity index is 1.58. The number of benzene rings is 1. The lowest BCUT2D eigenvalue weighted by Crippen LogP contribution is -2.35. The van der Waals surface area contributed by atoms with Crippen molar-refractivity contribution in [2.75, 3.05) is 11.9 Å². The van der Waals surface area contributed by atoms with Gasteiger partial charge in [0.25, 0.3) is 0 Å². The van der Waals surface area contributed by atoms with Crippen LogP contribution in [0.3, 0.4) is 0 Å². The number of fused-ring (bicyclic) bond motifs is 1. The third kappa shape index (κ3) is 3.65. The van der Waals surface area contributed by atoms with Gasteiger partial charge in [0.15, 0.2) is 0 Å². The van der Waals surface area contributed by atoms with Crippen molar-refractivity contribution in [1.29, 1.82) is 0 Å². The Morgan fingerprint density at radius 3 is 2.80 bits per heavy atom. The molecular weight excluding hydrogens is 322 g/mol. The summed E-state index contributed by atoms with van der Waals surface area (Å²) in [5.74, 6) is 0. The van der Waals surface area contributed by atoms with Crippen LogP contribution in [-0.2, 0) is 13.6 Å². The molecule has 0 aliphatic rings. The number of nitrogens with zero attached hydrogens (tertiary/aromatic N) is 5. The van der Waals surface area contributed by atoms with E-state index in [-0.39, 0.29) is 11.7 Å². The Morgan fingerprint density at radius 2 is 2.04 bits per heavy atom. The molecule has 9 nitrogen and oxygen atoms in total. The molecule has 2 heterocycles. The molecule has 0 saturated heterocycles. The molecule has 9 heteroatoms. The van der Waals surface area contributed by atoms with Gasteiger partial charge in [0.1, 0.15) is 5.52 Å². The lowest BCUT2D eigenvalue weighted by Gasteiger charge is -2.11. The van der Waals surface area contributed by atoms with Gasteiger partial charge in [-0.1, -0.05) is 5.21 Å². The minimum Gasteiger partial charge on any atom is -0.336 e. The summed E-state index contributed by atoms with van der Waals surface area (Å²) in [6.45, 7) is 4.28. The van der Waals surface area contributed by atoms with Gasteiger partial charge in [0.05, 0.1) is 5.52 Å². The number of carbonyl (C=O) groups excluding carboxylic acids is 1. The number of nitrogens with one attached hydrogen (secondary N) is 2. The van der Waals surface area contributed by atoms with Crippen LogP contribution in [0.15, 0.2) is 29.1 Å². The number of aromatic nitrogens is 5. The topological polar surface area (TPSA) is 107 Å². The van der Waals surface area contributed by atoms with E-state index in [9.17, 15) is 9.59 Å². The molecule has 0 saturated carbocycles. The quantitative estimate of drug-likeness (QED) is 0.735. The van der Waals surface area contributed by atoms with Gasteiger partial charge >= 0.3 is 11.7 Å². The second-order valence-electron chi connectivity index (χ2n) is 5.77. The molecule has 3 rings (SSSR count). The van der Waals surface area contributed by atoms with E-state index in [1.165, 1.54) is 4.57 Å². The van der Waals surface area contributed by atoms with Crippen molar-refractivity contribution in [3.63, 3.8) is 0 Å². The third-order valence-electron chi connectivity index (χ3n) is 3.84. The van der Waals surface area contributed by atoms with Crippen molar-refractivity contribution in [3.05, 3.63) is 46.1 Å². The van der Waals surface area contributed by atoms with Gasteiger partial charge in [-0.05, 0) is 38.1 Å². The highest BCUT2D eigenvalue weighted by atomic mass is 16.2. The first-order valence-electron chi connectivity index (χ1n) is 7.83. The second-order valence-corrected chi connectivity index (χ2v) is 5.77. The van der Waals surface area contributed by atoms with E-state index in [0.717, 1.165) is 11.2 Å². The summed E-state index contributed by atoms with van der Waals surface area (Å²) >= 11 is 0. The highest BCUT2D eigenvalue weighted by Gasteiger charge is 2.07. The largest absolute Gasteiger partial charge is 0.348 e. The van der Waals surface area contributed by atoms with Gasteiger partial charge in [-0.2, -0.15) is 4.98 Å². The number of aryl methyl sites for hydroxylation is 3. The average molecular weight is 341 g/mol. The van der Waals surface area contributed by atoms with E-state index >= 15 is 0 Å². The van der Waals surface area contributed by atoms with E-state index < -0.39 is 0 Å². The van der Waals surface area contributed by atoms with Crippen molar-refractivity contribution in [1.82, 2.24) is 29.9 Å². The minimum atomic E-state index is -0.353. The molecule has 0 spiro atoms. The van der Waals surface area contributed by atoms with Crippen LogP contribution in [0.4, 0.5) is 10.5 Å². The molecule has 1 aromatic carbocycles. The van der Waals surface area contributed by atoms with E-state index in [0.29, 0.717) is 30.0 Å². The summed E-state index contributed by atoms with van der Waals surface area (Å²) in [4.78, 5) is 27.8. The maximum atomic E-state index is 12.0. The number of anilines is 1. The van der Waals surface area contributed by atoms with Gasteiger partial charge < -0.3 is 10.6 Å². The van der Waals surface area contributed by atoms with E-state index in [2.05, 4.69) is 25.9 Å². The SMILES string of the molecule is Cc1cc(C)n(CCNC(=O)Nc2ccc3c(c2)nnn3C)c(=O)n1. The number of rotatable bonds is 4. The van der Waals surface area contributed by atoms with Crippen molar-refractivity contribution in [2.24, 2.45) is 7.05 Å². The van der Waals surface area contributed by atoms with Crippen LogP contribution in [0.5, 0.6) is 0 Å². The van der Waals surface area contributed by atoms with Crippen molar-refractivity contribution < 1.29 is 4.79 Å². The zero-order valence-electron chi connectivity index (χ0n) is 14.3. The Morgan fingerprint density at radius 1 is 1.24 bits per heavy atom. The Kier molecular flexibility index (Phi) is 4.46. The molecule has 0 radical (unpaired) electrons. The van der Waals surface area contributed by atoms with E-state index in [1.54, 1.807) is 30.8 Å². The van der Waals surface area contributed by atoms with Crippen molar-refractivity contribution >= 4 is 22.8 Å². The predicted molar refractivity (Wildman–Crippen MR) is 93.5 cm³/mol. The van der Waals surface area contributed by atoms with Gasteiger partial charge in [-0.3, -0.25) is 4.57 Å². The normalized spacial score (nSPS) is 10.8. The first-order valence-corrected chi connectivity index (χ1v) is 7.83. The fourth-order valence-corrected chi connectivity index (χ4v) is 2.62. The molecule has 0 aliphatic heterocycles. The van der Waals surface area contributed by atoms with Crippen LogP contribution in [0.1, 0.15) is 11.4 Å². The van der Waals surface area contributed by atoms with Crippen LogP contribution in [0.2, 0.25) is 0 Å². The van der Waals surface area contributed by atoms with Crippen LogP contribution in [-0.4, -0.2) is 37.1 Å². The zero-order valence-corrected chi connectivity index (χ0v) is 14.3. The first kappa shape index (κ1) is 16.6. The fourth-order valence-electron chi connectivity index (χ4n) is 2.62. The molecule has 2 amide bonds. The third-order valence-corrected chi connectivity index (χ3v) is 3.84. The van der Waals surface area contributed by atoms with Crippen molar-refractivity contribution in [3.8, 4) is 0 Å². The molecule has 25 heavy (non-hydrogen) atoms. The first-order chi connectivity index (χ1) is 11.9. The Hall–Kier alpha value is -3.23. The molecule has 0 aliphatic carbocycles. The maximum absolute atomic E-state index is 12.0. The van der Waals surface area contributed by atoms with Gasteiger partial charge in [0, 0.05) is 37.2 Å². The lowest BCUT2D eigenvalue weighted by molar-refractivity contribution is 0.251. The highest BCUT2D eigenvalue weighted by Crippen LogP contribution is 2.16. The van der Waals surface area contributed by atoms with Crippen molar-refractivity contribution in [2.45, 2.75) is 20.4 Å². The summed E-state index contributed by atoms with van der Waals surface area (Å²) in [6.07, 6.45) is 0. The monoisotopic (exact) mass is 341 g/mol. The lowest BCUT2D eigenvalue weighted by atomic mass is 10.3. The number of amides is 2. The predicted octanol–water partition coefficient (Wildman–Crippen LogP) is 0.964. The highest BCUT2D eigenvalue weighted by molar-refractivity contribution is 5.91. The van der Waals surface area contributed by atoms with Crippen LogP contribution < -0.4 is 16.3 Å². The van der Waals surface area contributed by atoms with Crippen LogP contribution in [0, 0.1) is 13.8 Å². The molecule has 3 aromatic rings. The second kappa shape index (κ2) is 6.71. The number of hydrogen-bond acceptors (Lipinski definition) is 5. The molecule has 0 bridgehead atoms. The van der Waals surface area contributed by atoms with E-state index in [4.69, 9.17) is 0 Å². The summed E-state index contributed by atoms with van der Waals surface area (Å²) in [6, 6.07) is 6.85. The van der Waals surface area contributed by atoms with Gasteiger partial charge in [-0.25, -0.2) is 14.3 Å². The molecule has 0 atom stereocenters. The van der Waals surface area contributed by atoms with Crippen LogP contribution >= 0.6 is 0 Å². The zero-order chi connectivity index (χ0) is 18.0. The van der Waals surface area contributed by atoms with Crippen LogP contribution in [0.25, 0.3) is 11.0 Å². The minimum absolute atomic E-state index is 0.310. The van der Waals surface area contributed by atoms with E-state index in [1.807, 2.05) is 19.1 Å². The molecule has 2 N–H and O–H groups in total. The Bertz CT molecular complexity index is 990. The summed E-state index contributed by atoms with van der Waals surface area (Å²) in [7, 11) is 1.80. The number of hydrogen-bond donors (Lipinski definition) is 2. The standard InChI is InChI=1S/C16H19N7O2/c1-10-8-11(2)23(16(25)18-10)7-6-17-15(24)19-12-4-5-14-13(9-12)20-21-22(14)3/h4-5,8-9H,6-7H2,1-3H3,(H2,17,19,24). The number of urea groups is 1. The molecule has 0 fully saturated rings. The molecule has 130 valence electrons. The summed E-state index contributed by atoms with van der Waals surface area (Å²) < 4.78 is 3.19.